The van der Waals surface area contributed by atoms with E-state index < -0.39 is 0 Å². The molecule has 1 saturated carbocycles. The Morgan fingerprint density at radius 3 is 2.50 bits per heavy atom. The quantitative estimate of drug-likeness (QED) is 0.436. The summed E-state index contributed by atoms with van der Waals surface area (Å²) >= 11 is 0. The van der Waals surface area contributed by atoms with E-state index in [1.807, 2.05) is 0 Å². The molecule has 1 aliphatic carbocycles. The molecule has 3 nitrogen and oxygen atoms in total. The molecule has 3 N–H and O–H groups in total. The number of hydrogen-bond donors (Lipinski definition) is 2. The maximum Gasteiger partial charge on any atom is 0.0572 e. The van der Waals surface area contributed by atoms with Gasteiger partial charge in [-0.15, -0.1) is 0 Å². The van der Waals surface area contributed by atoms with E-state index in [0.29, 0.717) is 12.6 Å². The lowest BCUT2D eigenvalue weighted by molar-refractivity contribution is 0.154. The molecule has 1 fully saturated rings. The van der Waals surface area contributed by atoms with E-state index in [-0.39, 0.29) is 6.61 Å². The van der Waals surface area contributed by atoms with Gasteiger partial charge < -0.3 is 5.11 Å². The third kappa shape index (κ3) is 1.94. The minimum absolute atomic E-state index is 0.174. The summed E-state index contributed by atoms with van der Waals surface area (Å²) in [4.78, 5) is 0. The monoisotopic (exact) mass is 144 g/mol. The predicted molar refractivity (Wildman–Crippen MR) is 40.2 cm³/mol. The first-order valence-corrected chi connectivity index (χ1v) is 3.97. The average Bonchev–Trinajstić information content (AvgIpc) is 2.38. The molecule has 1 rings (SSSR count). The van der Waals surface area contributed by atoms with Crippen LogP contribution in [0, 0.1) is 0 Å². The standard InChI is InChI=1S/C7H16N2O/c8-9(5-6-10)7-3-1-2-4-7/h7,10H,1-6,8H2. The van der Waals surface area contributed by atoms with Crippen LogP contribution in [0.15, 0.2) is 0 Å². The first-order valence-electron chi connectivity index (χ1n) is 3.97. The van der Waals surface area contributed by atoms with Gasteiger partial charge in [0.25, 0.3) is 0 Å². The van der Waals surface area contributed by atoms with Crippen LogP contribution < -0.4 is 5.84 Å². The average molecular weight is 144 g/mol. The van der Waals surface area contributed by atoms with Crippen molar-refractivity contribution in [3.63, 3.8) is 0 Å². The topological polar surface area (TPSA) is 49.5 Å². The number of hydrogen-bond acceptors (Lipinski definition) is 3. The zero-order chi connectivity index (χ0) is 7.40. The molecular formula is C7H16N2O. The molecule has 0 aromatic rings. The van der Waals surface area contributed by atoms with Crippen molar-refractivity contribution in [1.29, 1.82) is 0 Å². The number of aliphatic hydroxyl groups is 1. The molecule has 0 radical (unpaired) electrons. The SMILES string of the molecule is NN(CCO)C1CCCC1. The molecule has 60 valence electrons. The zero-order valence-corrected chi connectivity index (χ0v) is 6.29. The smallest absolute Gasteiger partial charge is 0.0572 e. The molecule has 0 heterocycles. The Hall–Kier alpha value is -0.120. The molecule has 0 atom stereocenters. The van der Waals surface area contributed by atoms with Gasteiger partial charge in [-0.3, -0.25) is 5.84 Å². The van der Waals surface area contributed by atoms with Gasteiger partial charge in [-0.2, -0.15) is 0 Å². The van der Waals surface area contributed by atoms with Gasteiger partial charge in [0.1, 0.15) is 0 Å². The van der Waals surface area contributed by atoms with E-state index in [2.05, 4.69) is 0 Å². The first kappa shape index (κ1) is 7.98. The van der Waals surface area contributed by atoms with Crippen LogP contribution in [0.5, 0.6) is 0 Å². The van der Waals surface area contributed by atoms with Crippen molar-refractivity contribution in [2.75, 3.05) is 13.2 Å². The van der Waals surface area contributed by atoms with Crippen molar-refractivity contribution in [2.45, 2.75) is 31.7 Å². The predicted octanol–water partition coefficient (Wildman–Crippen LogP) is 0.0970. The maximum absolute atomic E-state index is 8.58. The summed E-state index contributed by atoms with van der Waals surface area (Å²) in [6, 6.07) is 0.534. The molecule has 10 heavy (non-hydrogen) atoms. The lowest BCUT2D eigenvalue weighted by Crippen LogP contribution is -2.41. The molecule has 0 amide bonds. The summed E-state index contributed by atoms with van der Waals surface area (Å²) in [6.45, 7) is 0.789. The Kier molecular flexibility index (Phi) is 3.12. The molecule has 0 unspecified atom stereocenters. The lowest BCUT2D eigenvalue weighted by Gasteiger charge is -2.21. The maximum atomic E-state index is 8.58. The van der Waals surface area contributed by atoms with E-state index in [1.54, 1.807) is 5.01 Å². The van der Waals surface area contributed by atoms with Crippen molar-refractivity contribution in [2.24, 2.45) is 5.84 Å². The number of aliphatic hydroxyl groups excluding tert-OH is 1. The van der Waals surface area contributed by atoms with Crippen LogP contribution in [-0.2, 0) is 0 Å². The summed E-state index contributed by atoms with van der Waals surface area (Å²) < 4.78 is 0. The fourth-order valence-corrected chi connectivity index (χ4v) is 1.53. The van der Waals surface area contributed by atoms with Crippen LogP contribution in [0.2, 0.25) is 0 Å². The van der Waals surface area contributed by atoms with Gasteiger partial charge in [-0.05, 0) is 12.8 Å². The van der Waals surface area contributed by atoms with Gasteiger partial charge in [0.15, 0.2) is 0 Å². The molecule has 0 aromatic carbocycles. The minimum atomic E-state index is 0.174. The Balaban J connectivity index is 2.18. The van der Waals surface area contributed by atoms with Gasteiger partial charge in [0.05, 0.1) is 6.61 Å². The molecule has 0 spiro atoms. The molecule has 0 aliphatic heterocycles. The van der Waals surface area contributed by atoms with Crippen LogP contribution in [-0.4, -0.2) is 29.3 Å². The minimum Gasteiger partial charge on any atom is -0.395 e. The third-order valence-electron chi connectivity index (χ3n) is 2.15. The van der Waals surface area contributed by atoms with E-state index in [4.69, 9.17) is 10.9 Å². The highest BCUT2D eigenvalue weighted by Gasteiger charge is 2.18. The molecule has 0 saturated heterocycles. The lowest BCUT2D eigenvalue weighted by atomic mass is 10.2. The summed E-state index contributed by atoms with van der Waals surface area (Å²) in [5.74, 6) is 5.66. The molecule has 3 heteroatoms. The zero-order valence-electron chi connectivity index (χ0n) is 6.29. The molecule has 0 aromatic heterocycles. The fraction of sp³-hybridized carbons (Fsp3) is 1.00. The van der Waals surface area contributed by atoms with Gasteiger partial charge in [-0.1, -0.05) is 12.8 Å². The number of nitrogens with two attached hydrogens (primary N) is 1. The van der Waals surface area contributed by atoms with Crippen molar-refractivity contribution in [3.8, 4) is 0 Å². The first-order chi connectivity index (χ1) is 4.84. The van der Waals surface area contributed by atoms with Crippen molar-refractivity contribution < 1.29 is 5.11 Å². The summed E-state index contributed by atoms with van der Waals surface area (Å²) in [5.41, 5.74) is 0. The van der Waals surface area contributed by atoms with E-state index in [0.717, 1.165) is 0 Å². The Labute approximate surface area is 61.8 Å². The second kappa shape index (κ2) is 3.91. The summed E-state index contributed by atoms with van der Waals surface area (Å²) in [5, 5.41) is 10.3. The third-order valence-corrected chi connectivity index (χ3v) is 2.15. The van der Waals surface area contributed by atoms with Crippen LogP contribution >= 0.6 is 0 Å². The van der Waals surface area contributed by atoms with Crippen LogP contribution in [0.4, 0.5) is 0 Å². The van der Waals surface area contributed by atoms with Gasteiger partial charge >= 0.3 is 0 Å². The highest BCUT2D eigenvalue weighted by Crippen LogP contribution is 2.20. The van der Waals surface area contributed by atoms with Crippen LogP contribution in [0.3, 0.4) is 0 Å². The van der Waals surface area contributed by atoms with Crippen molar-refractivity contribution >= 4 is 0 Å². The molecule has 0 bridgehead atoms. The van der Waals surface area contributed by atoms with Gasteiger partial charge in [-0.25, -0.2) is 5.01 Å². The second-order valence-electron chi connectivity index (χ2n) is 2.90. The molecular weight excluding hydrogens is 128 g/mol. The van der Waals surface area contributed by atoms with E-state index in [9.17, 15) is 0 Å². The Morgan fingerprint density at radius 1 is 1.40 bits per heavy atom. The number of rotatable bonds is 3. The van der Waals surface area contributed by atoms with E-state index >= 15 is 0 Å². The number of hydrazine groups is 1. The number of nitrogens with zero attached hydrogens (tertiary/aromatic N) is 1. The van der Waals surface area contributed by atoms with Gasteiger partial charge in [0, 0.05) is 12.6 Å². The summed E-state index contributed by atoms with van der Waals surface area (Å²) in [6.07, 6.45) is 5.00. The van der Waals surface area contributed by atoms with Crippen LogP contribution in [0.1, 0.15) is 25.7 Å². The highest BCUT2D eigenvalue weighted by molar-refractivity contribution is 4.73. The molecule has 1 aliphatic rings. The van der Waals surface area contributed by atoms with Gasteiger partial charge in [0.2, 0.25) is 0 Å². The Morgan fingerprint density at radius 2 is 2.00 bits per heavy atom. The largest absolute Gasteiger partial charge is 0.395 e. The summed E-state index contributed by atoms with van der Waals surface area (Å²) in [7, 11) is 0. The van der Waals surface area contributed by atoms with E-state index in [1.165, 1.54) is 25.7 Å². The highest BCUT2D eigenvalue weighted by atomic mass is 16.3. The van der Waals surface area contributed by atoms with Crippen LogP contribution in [0.25, 0.3) is 0 Å². The fourth-order valence-electron chi connectivity index (χ4n) is 1.53. The van der Waals surface area contributed by atoms with Crippen molar-refractivity contribution in [1.82, 2.24) is 5.01 Å². The second-order valence-corrected chi connectivity index (χ2v) is 2.90. The van der Waals surface area contributed by atoms with Crippen molar-refractivity contribution in [3.05, 3.63) is 0 Å². The Bertz CT molecular complexity index is 91.6. The normalized spacial score (nSPS) is 20.7.